The number of imidazole rings is 1. The molecule has 0 aliphatic rings. The summed E-state index contributed by atoms with van der Waals surface area (Å²) in [5, 5.41) is 5.10. The maximum Gasteiger partial charge on any atom is 0.145 e. The van der Waals surface area contributed by atoms with Gasteiger partial charge in [0.25, 0.3) is 0 Å². The summed E-state index contributed by atoms with van der Waals surface area (Å²) in [6.07, 6.45) is 0. The Morgan fingerprint density at radius 1 is 0.447 bits per heavy atom. The van der Waals surface area contributed by atoms with Gasteiger partial charge in [-0.3, -0.25) is 4.57 Å². The molecule has 4 aromatic heterocycles. The highest BCUT2D eigenvalue weighted by Crippen LogP contribution is 2.47. The quantitative estimate of drug-likeness (QED) is 0.193. The summed E-state index contributed by atoms with van der Waals surface area (Å²) >= 11 is 3.66. The van der Waals surface area contributed by atoms with E-state index in [-0.39, 0.29) is 0 Å². The van der Waals surface area contributed by atoms with Gasteiger partial charge < -0.3 is 0 Å². The second-order valence-electron chi connectivity index (χ2n) is 11.8. The second kappa shape index (κ2) is 10.5. The summed E-state index contributed by atoms with van der Waals surface area (Å²) in [6.45, 7) is 0. The van der Waals surface area contributed by atoms with Crippen molar-refractivity contribution in [1.82, 2.24) is 14.5 Å². The summed E-state index contributed by atoms with van der Waals surface area (Å²) in [4.78, 5) is 11.5. The standard InChI is InChI=1S/C42H25N3S2/c1-2-10-30(11-3-1)45-34-15-7-6-14-33(34)43-41(45)29-24-20-27(21-25-29)26-18-22-28(23-19-26)39-37-31-12-4-8-16-35(31)46-40(37)38-32-13-5-9-17-36(32)47-42(38)44-39/h1-25H. The third-order valence-electron chi connectivity index (χ3n) is 9.06. The molecule has 0 saturated carbocycles. The first-order valence-electron chi connectivity index (χ1n) is 15.7. The third-order valence-corrected chi connectivity index (χ3v) is 11.3. The molecular formula is C42H25N3S2. The van der Waals surface area contributed by atoms with Gasteiger partial charge in [-0.25, -0.2) is 9.97 Å². The van der Waals surface area contributed by atoms with Gasteiger partial charge in [0, 0.05) is 52.5 Å². The van der Waals surface area contributed by atoms with Gasteiger partial charge in [0.2, 0.25) is 0 Å². The molecule has 0 aliphatic heterocycles. The normalized spacial score (nSPS) is 11.8. The van der Waals surface area contributed by atoms with Gasteiger partial charge in [-0.2, -0.15) is 0 Å². The van der Waals surface area contributed by atoms with Crippen molar-refractivity contribution in [2.75, 3.05) is 0 Å². The van der Waals surface area contributed by atoms with E-state index in [1.807, 2.05) is 23.5 Å². The van der Waals surface area contributed by atoms with E-state index in [1.165, 1.54) is 46.8 Å². The van der Waals surface area contributed by atoms with Crippen molar-refractivity contribution in [3.8, 4) is 39.5 Å². The maximum atomic E-state index is 5.35. The molecule has 10 aromatic rings. The number of benzene rings is 6. The Balaban J connectivity index is 1.06. The molecule has 0 fully saturated rings. The number of nitrogens with zero attached hydrogens (tertiary/aromatic N) is 3. The molecule has 220 valence electrons. The molecule has 0 N–H and O–H groups in total. The molecular weight excluding hydrogens is 611 g/mol. The van der Waals surface area contributed by atoms with Crippen LogP contribution in [0.15, 0.2) is 152 Å². The van der Waals surface area contributed by atoms with Crippen LogP contribution < -0.4 is 0 Å². The van der Waals surface area contributed by atoms with Crippen molar-refractivity contribution in [3.05, 3.63) is 152 Å². The lowest BCUT2D eigenvalue weighted by atomic mass is 9.99. The number of aromatic nitrogens is 3. The first-order chi connectivity index (χ1) is 23.3. The van der Waals surface area contributed by atoms with E-state index >= 15 is 0 Å². The lowest BCUT2D eigenvalue weighted by molar-refractivity contribution is 1.10. The van der Waals surface area contributed by atoms with Crippen LogP contribution in [0.1, 0.15) is 0 Å². The highest BCUT2D eigenvalue weighted by atomic mass is 32.1. The van der Waals surface area contributed by atoms with E-state index in [4.69, 9.17) is 9.97 Å². The summed E-state index contributed by atoms with van der Waals surface area (Å²) in [7, 11) is 0. The third kappa shape index (κ3) is 4.17. The molecule has 0 saturated heterocycles. The van der Waals surface area contributed by atoms with Gasteiger partial charge in [-0.05, 0) is 47.5 Å². The van der Waals surface area contributed by atoms with Crippen LogP contribution in [0.25, 0.3) is 91.0 Å². The number of para-hydroxylation sites is 3. The second-order valence-corrected chi connectivity index (χ2v) is 13.9. The van der Waals surface area contributed by atoms with E-state index < -0.39 is 0 Å². The molecule has 0 unspecified atom stereocenters. The van der Waals surface area contributed by atoms with Crippen molar-refractivity contribution < 1.29 is 0 Å². The van der Waals surface area contributed by atoms with Crippen molar-refractivity contribution in [3.63, 3.8) is 0 Å². The molecule has 5 heteroatoms. The van der Waals surface area contributed by atoms with Crippen LogP contribution in [0.2, 0.25) is 0 Å². The monoisotopic (exact) mass is 635 g/mol. The topological polar surface area (TPSA) is 30.7 Å². The minimum atomic E-state index is 0.939. The van der Waals surface area contributed by atoms with E-state index in [0.717, 1.165) is 44.2 Å². The van der Waals surface area contributed by atoms with Crippen LogP contribution in [-0.4, -0.2) is 14.5 Å². The zero-order valence-electron chi connectivity index (χ0n) is 25.1. The molecule has 0 atom stereocenters. The van der Waals surface area contributed by atoms with E-state index in [2.05, 4.69) is 144 Å². The number of pyridine rings is 1. The average Bonchev–Trinajstić information content (AvgIpc) is 3.83. The highest BCUT2D eigenvalue weighted by Gasteiger charge is 2.20. The Hall–Kier alpha value is -5.62. The minimum absolute atomic E-state index is 0.939. The molecule has 0 radical (unpaired) electrons. The number of fused-ring (bicyclic) bond motifs is 8. The molecule has 10 rings (SSSR count). The fourth-order valence-electron chi connectivity index (χ4n) is 6.84. The van der Waals surface area contributed by atoms with Crippen LogP contribution in [0.5, 0.6) is 0 Å². The van der Waals surface area contributed by atoms with Crippen molar-refractivity contribution in [2.45, 2.75) is 0 Å². The van der Waals surface area contributed by atoms with Gasteiger partial charge in [0.05, 0.1) is 16.7 Å². The first-order valence-corrected chi connectivity index (χ1v) is 17.3. The number of hydrogen-bond donors (Lipinski definition) is 0. The van der Waals surface area contributed by atoms with Gasteiger partial charge in [0.1, 0.15) is 10.7 Å². The van der Waals surface area contributed by atoms with Crippen molar-refractivity contribution >= 4 is 74.2 Å². The molecule has 47 heavy (non-hydrogen) atoms. The molecule has 3 nitrogen and oxygen atoms in total. The molecule has 0 amide bonds. The average molecular weight is 636 g/mol. The number of thiophene rings is 2. The van der Waals surface area contributed by atoms with Crippen LogP contribution >= 0.6 is 22.7 Å². The van der Waals surface area contributed by atoms with Crippen LogP contribution in [0, 0.1) is 0 Å². The Kier molecular flexibility index (Phi) is 5.92. The maximum absolute atomic E-state index is 5.35. The van der Waals surface area contributed by atoms with Gasteiger partial charge in [-0.1, -0.05) is 115 Å². The van der Waals surface area contributed by atoms with E-state index in [9.17, 15) is 0 Å². The summed E-state index contributed by atoms with van der Waals surface area (Å²) in [5.74, 6) is 0.939. The van der Waals surface area contributed by atoms with Gasteiger partial charge in [0.15, 0.2) is 0 Å². The Labute approximate surface area is 278 Å². The summed E-state index contributed by atoms with van der Waals surface area (Å²) < 4.78 is 6.15. The van der Waals surface area contributed by atoms with Gasteiger partial charge >= 0.3 is 0 Å². The summed E-state index contributed by atoms with van der Waals surface area (Å²) in [5.41, 5.74) is 8.80. The Morgan fingerprint density at radius 3 is 1.77 bits per heavy atom. The number of rotatable bonds is 4. The van der Waals surface area contributed by atoms with Gasteiger partial charge in [-0.15, -0.1) is 22.7 Å². The highest BCUT2D eigenvalue weighted by molar-refractivity contribution is 7.29. The first kappa shape index (κ1) is 26.6. The molecule has 4 heterocycles. The fraction of sp³-hybridized carbons (Fsp3) is 0. The largest absolute Gasteiger partial charge is 0.292 e. The van der Waals surface area contributed by atoms with E-state index in [1.54, 1.807) is 11.3 Å². The molecule has 0 bridgehead atoms. The predicted molar refractivity (Wildman–Crippen MR) is 201 cm³/mol. The SMILES string of the molecule is c1ccc(-n2c(-c3ccc(-c4ccc(-c5nc6sc7ccccc7c6c6sc7ccccc7c56)cc4)cc3)nc3ccccc32)cc1. The van der Waals surface area contributed by atoms with E-state index in [0.29, 0.717) is 0 Å². The van der Waals surface area contributed by atoms with Crippen LogP contribution in [-0.2, 0) is 0 Å². The Bertz CT molecular complexity index is 2770. The van der Waals surface area contributed by atoms with Crippen molar-refractivity contribution in [2.24, 2.45) is 0 Å². The predicted octanol–water partition coefficient (Wildman–Crippen LogP) is 12.2. The molecule has 0 aliphatic carbocycles. The lowest BCUT2D eigenvalue weighted by Gasteiger charge is -2.11. The zero-order chi connectivity index (χ0) is 30.9. The lowest BCUT2D eigenvalue weighted by Crippen LogP contribution is -1.97. The number of hydrogen-bond acceptors (Lipinski definition) is 4. The van der Waals surface area contributed by atoms with Crippen LogP contribution in [0.3, 0.4) is 0 Å². The smallest absolute Gasteiger partial charge is 0.145 e. The molecule has 0 spiro atoms. The fourth-order valence-corrected chi connectivity index (χ4v) is 9.26. The molecule has 6 aromatic carbocycles. The van der Waals surface area contributed by atoms with Crippen molar-refractivity contribution in [1.29, 1.82) is 0 Å². The zero-order valence-corrected chi connectivity index (χ0v) is 26.7. The summed E-state index contributed by atoms with van der Waals surface area (Å²) in [6, 6.07) is 53.9. The van der Waals surface area contributed by atoms with Crippen LogP contribution in [0.4, 0.5) is 0 Å². The minimum Gasteiger partial charge on any atom is -0.292 e. The Morgan fingerprint density at radius 2 is 1.02 bits per heavy atom.